The van der Waals surface area contributed by atoms with Gasteiger partial charge in [0.05, 0.1) is 12.2 Å². The normalized spacial score (nSPS) is 16.9. The average molecular weight is 397 g/mol. The average Bonchev–Trinajstić information content (AvgIpc) is 2.71. The van der Waals surface area contributed by atoms with Crippen LogP contribution in [0.3, 0.4) is 0 Å². The highest BCUT2D eigenvalue weighted by molar-refractivity contribution is 5.81. The van der Waals surface area contributed by atoms with Crippen molar-refractivity contribution in [1.82, 2.24) is 5.06 Å². The number of nitrogens with zero attached hydrogens (tertiary/aromatic N) is 1. The number of hydroxylamine groups is 2. The molecule has 0 spiro atoms. The molecule has 3 rings (SSSR count). The maximum Gasteiger partial charge on any atom is 0.333 e. The smallest absolute Gasteiger partial charge is 0.333 e. The van der Waals surface area contributed by atoms with Crippen molar-refractivity contribution < 1.29 is 14.4 Å². The van der Waals surface area contributed by atoms with Crippen molar-refractivity contribution in [3.8, 4) is 0 Å². The molecule has 1 atom stereocenters. The summed E-state index contributed by atoms with van der Waals surface area (Å²) in [5.41, 5.74) is 1.62. The fourth-order valence-electron chi connectivity index (χ4n) is 3.46. The van der Waals surface area contributed by atoms with Crippen molar-refractivity contribution in [2.45, 2.75) is 45.3 Å². The monoisotopic (exact) mass is 396 g/mol. The number of esters is 1. The highest BCUT2D eigenvalue weighted by Crippen LogP contribution is 2.24. The molecule has 5 heteroatoms. The van der Waals surface area contributed by atoms with Gasteiger partial charge in [0.25, 0.3) is 0 Å². The highest BCUT2D eigenvalue weighted by Gasteiger charge is 2.27. The van der Waals surface area contributed by atoms with Gasteiger partial charge in [0.15, 0.2) is 6.04 Å². The number of carbonyl (C=O) groups is 1. The molecular formula is C24H32N2O3. The molecule has 0 aliphatic carbocycles. The van der Waals surface area contributed by atoms with Crippen LogP contribution in [0.5, 0.6) is 0 Å². The molecule has 2 aromatic rings. The summed E-state index contributed by atoms with van der Waals surface area (Å²) in [6, 6.07) is 18.9. The Morgan fingerprint density at radius 3 is 2.21 bits per heavy atom. The number of anilines is 1. The van der Waals surface area contributed by atoms with Gasteiger partial charge in [-0.3, -0.25) is 4.84 Å². The summed E-state index contributed by atoms with van der Waals surface area (Å²) >= 11 is 0. The van der Waals surface area contributed by atoms with Crippen LogP contribution in [0.1, 0.15) is 45.2 Å². The molecule has 1 saturated heterocycles. The third kappa shape index (κ3) is 6.87. The Hall–Kier alpha value is -2.37. The fourth-order valence-corrected chi connectivity index (χ4v) is 3.46. The number of rotatable bonds is 7. The van der Waals surface area contributed by atoms with Gasteiger partial charge in [0, 0.05) is 18.8 Å². The predicted octanol–water partition coefficient (Wildman–Crippen LogP) is 4.83. The molecule has 0 amide bonds. The minimum atomic E-state index is -0.525. The van der Waals surface area contributed by atoms with Crippen molar-refractivity contribution in [2.24, 2.45) is 5.92 Å². The number of ether oxygens (including phenoxy) is 1. The Balaban J connectivity index is 1.55. The zero-order valence-corrected chi connectivity index (χ0v) is 17.6. The Morgan fingerprint density at radius 2 is 1.62 bits per heavy atom. The molecule has 1 heterocycles. The number of hydrogen-bond acceptors (Lipinski definition) is 5. The molecule has 1 fully saturated rings. The molecule has 2 aromatic carbocycles. The van der Waals surface area contributed by atoms with Crippen molar-refractivity contribution in [3.05, 3.63) is 66.2 Å². The molecule has 5 nitrogen and oxygen atoms in total. The molecule has 156 valence electrons. The van der Waals surface area contributed by atoms with E-state index >= 15 is 0 Å². The van der Waals surface area contributed by atoms with Gasteiger partial charge in [-0.2, -0.15) is 5.06 Å². The third-order valence-corrected chi connectivity index (χ3v) is 4.89. The summed E-state index contributed by atoms with van der Waals surface area (Å²) in [6.45, 7) is 8.36. The lowest BCUT2D eigenvalue weighted by molar-refractivity contribution is -0.239. The summed E-state index contributed by atoms with van der Waals surface area (Å²) in [5, 5.41) is 5.34. The van der Waals surface area contributed by atoms with Crippen LogP contribution in [0, 0.1) is 5.92 Å². The van der Waals surface area contributed by atoms with Gasteiger partial charge in [-0.1, -0.05) is 48.5 Å². The molecule has 0 saturated carbocycles. The van der Waals surface area contributed by atoms with E-state index in [9.17, 15) is 4.79 Å². The van der Waals surface area contributed by atoms with Gasteiger partial charge in [-0.15, -0.1) is 0 Å². The summed E-state index contributed by atoms with van der Waals surface area (Å²) in [4.78, 5) is 18.9. The second-order valence-corrected chi connectivity index (χ2v) is 8.56. The first kappa shape index (κ1) is 21.3. The quantitative estimate of drug-likeness (QED) is 0.680. The summed E-state index contributed by atoms with van der Waals surface area (Å²) in [7, 11) is 0. The number of carbonyl (C=O) groups excluding carboxylic acids is 1. The van der Waals surface area contributed by atoms with Crippen LogP contribution >= 0.6 is 0 Å². The topological polar surface area (TPSA) is 50.8 Å². The van der Waals surface area contributed by atoms with Crippen LogP contribution in [0.15, 0.2) is 60.7 Å². The molecular weight excluding hydrogens is 364 g/mol. The van der Waals surface area contributed by atoms with Crippen molar-refractivity contribution in [2.75, 3.05) is 25.0 Å². The Labute approximate surface area is 174 Å². The van der Waals surface area contributed by atoms with E-state index < -0.39 is 6.04 Å². The third-order valence-electron chi connectivity index (χ3n) is 4.89. The van der Waals surface area contributed by atoms with Gasteiger partial charge in [0.2, 0.25) is 0 Å². The minimum absolute atomic E-state index is 0.175. The summed E-state index contributed by atoms with van der Waals surface area (Å²) in [6.07, 6.45) is 1.93. The van der Waals surface area contributed by atoms with E-state index in [4.69, 9.17) is 9.57 Å². The Kier molecular flexibility index (Phi) is 7.29. The first-order valence-corrected chi connectivity index (χ1v) is 10.4. The van der Waals surface area contributed by atoms with Gasteiger partial charge in [-0.05, 0) is 57.2 Å². The van der Waals surface area contributed by atoms with Crippen molar-refractivity contribution >= 4 is 11.7 Å². The zero-order valence-electron chi connectivity index (χ0n) is 17.6. The molecule has 1 N–H and O–H groups in total. The molecule has 0 bridgehead atoms. The molecule has 1 aliphatic heterocycles. The van der Waals surface area contributed by atoms with E-state index in [2.05, 4.69) is 26.1 Å². The Morgan fingerprint density at radius 1 is 1.03 bits per heavy atom. The lowest BCUT2D eigenvalue weighted by atomic mass is 9.99. The van der Waals surface area contributed by atoms with Gasteiger partial charge in [-0.25, -0.2) is 4.79 Å². The first-order chi connectivity index (χ1) is 13.9. The van der Waals surface area contributed by atoms with E-state index in [0.29, 0.717) is 12.5 Å². The molecule has 29 heavy (non-hydrogen) atoms. The van der Waals surface area contributed by atoms with Crippen LogP contribution in [-0.4, -0.2) is 36.3 Å². The van der Waals surface area contributed by atoms with E-state index in [1.54, 1.807) is 0 Å². The number of nitrogens with one attached hydrogen (secondary N) is 1. The second-order valence-electron chi connectivity index (χ2n) is 8.56. The largest absolute Gasteiger partial charge is 0.464 e. The van der Waals surface area contributed by atoms with Crippen LogP contribution in [-0.2, 0) is 14.4 Å². The number of hydrogen-bond donors (Lipinski definition) is 1. The summed E-state index contributed by atoms with van der Waals surface area (Å²) < 4.78 is 5.75. The highest BCUT2D eigenvalue weighted by atomic mass is 16.7. The molecule has 0 aromatic heterocycles. The first-order valence-electron chi connectivity index (χ1n) is 10.4. The maximum atomic E-state index is 12.9. The van der Waals surface area contributed by atoms with E-state index in [1.807, 2.05) is 65.7 Å². The lowest BCUT2D eigenvalue weighted by Gasteiger charge is -2.35. The van der Waals surface area contributed by atoms with Crippen LogP contribution in [0.4, 0.5) is 5.69 Å². The van der Waals surface area contributed by atoms with E-state index in [0.717, 1.165) is 37.2 Å². The van der Waals surface area contributed by atoms with E-state index in [1.165, 1.54) is 0 Å². The van der Waals surface area contributed by atoms with Gasteiger partial charge >= 0.3 is 5.97 Å². The Bertz CT molecular complexity index is 751. The van der Waals surface area contributed by atoms with Crippen LogP contribution < -0.4 is 5.32 Å². The number of piperidine rings is 1. The van der Waals surface area contributed by atoms with Crippen LogP contribution in [0.2, 0.25) is 0 Å². The second kappa shape index (κ2) is 9.90. The SMILES string of the molecule is CC(C)(C)ON1CCC(COC(=O)C(Nc2ccccc2)c2ccccc2)CC1. The predicted molar refractivity (Wildman–Crippen MR) is 115 cm³/mol. The van der Waals surface area contributed by atoms with Crippen molar-refractivity contribution in [1.29, 1.82) is 0 Å². The fraction of sp³-hybridized carbons (Fsp3) is 0.458. The molecule has 1 unspecified atom stereocenters. The van der Waals surface area contributed by atoms with E-state index in [-0.39, 0.29) is 11.6 Å². The van der Waals surface area contributed by atoms with Crippen molar-refractivity contribution in [3.63, 3.8) is 0 Å². The molecule has 0 radical (unpaired) electrons. The molecule has 1 aliphatic rings. The zero-order chi connectivity index (χ0) is 20.7. The standard InChI is InChI=1S/C24H32N2O3/c1-24(2,3)29-26-16-14-19(15-17-26)18-28-23(27)22(20-10-6-4-7-11-20)25-21-12-8-5-9-13-21/h4-13,19,22,25H,14-18H2,1-3H3. The minimum Gasteiger partial charge on any atom is -0.464 e. The van der Waals surface area contributed by atoms with Gasteiger partial charge < -0.3 is 10.1 Å². The lowest BCUT2D eigenvalue weighted by Crippen LogP contribution is -2.40. The maximum absolute atomic E-state index is 12.9. The number of para-hydroxylation sites is 1. The van der Waals surface area contributed by atoms with Gasteiger partial charge in [0.1, 0.15) is 0 Å². The summed E-state index contributed by atoms with van der Waals surface area (Å²) in [5.74, 6) is 0.125. The number of benzene rings is 2. The van der Waals surface area contributed by atoms with Crippen LogP contribution in [0.25, 0.3) is 0 Å².